The van der Waals surface area contributed by atoms with Crippen LogP contribution in [0.15, 0.2) is 15.9 Å². The Morgan fingerprint density at radius 2 is 2.30 bits per heavy atom. The molecule has 0 aliphatic carbocycles. The Hall–Kier alpha value is -0.360. The Morgan fingerprint density at radius 1 is 1.55 bits per heavy atom. The Morgan fingerprint density at radius 3 is 2.80 bits per heavy atom. The van der Waals surface area contributed by atoms with Gasteiger partial charge >= 0.3 is 0 Å². The van der Waals surface area contributed by atoms with Gasteiger partial charge in [-0.05, 0) is 53.7 Å². The lowest BCUT2D eigenvalue weighted by atomic mass is 10.1. The summed E-state index contributed by atoms with van der Waals surface area (Å²) in [5.41, 5.74) is 2.14. The van der Waals surface area contributed by atoms with E-state index in [9.17, 15) is 0 Å². The van der Waals surface area contributed by atoms with Crippen LogP contribution in [0.4, 0.5) is 0 Å². The number of aromatic nitrogens is 2. The quantitative estimate of drug-likeness (QED) is 0.805. The number of halogens is 2. The molecule has 0 spiro atoms. The first-order valence-corrected chi connectivity index (χ1v) is 8.73. The Balaban J connectivity index is 2.26. The summed E-state index contributed by atoms with van der Waals surface area (Å²) in [6, 6.07) is 2.36. The average Bonchev–Trinajstić information content (AvgIpc) is 2.93. The molecule has 3 nitrogen and oxygen atoms in total. The van der Waals surface area contributed by atoms with Crippen molar-refractivity contribution in [3.63, 3.8) is 0 Å². The molecular weight excluding hydrogens is 358 g/mol. The van der Waals surface area contributed by atoms with E-state index in [0.717, 1.165) is 40.3 Å². The van der Waals surface area contributed by atoms with Gasteiger partial charge in [-0.15, -0.1) is 11.3 Å². The van der Waals surface area contributed by atoms with Crippen LogP contribution in [-0.2, 0) is 13.5 Å². The zero-order chi connectivity index (χ0) is 14.7. The number of hydrogen-bond acceptors (Lipinski definition) is 3. The van der Waals surface area contributed by atoms with E-state index >= 15 is 0 Å². The molecule has 6 heteroatoms. The van der Waals surface area contributed by atoms with E-state index in [0.29, 0.717) is 0 Å². The van der Waals surface area contributed by atoms with Crippen LogP contribution in [0.5, 0.6) is 0 Å². The second kappa shape index (κ2) is 7.07. The smallest absolute Gasteiger partial charge is 0.130 e. The minimum Gasteiger partial charge on any atom is -0.309 e. The highest BCUT2D eigenvalue weighted by atomic mass is 79.9. The highest BCUT2D eigenvalue weighted by molar-refractivity contribution is 9.10. The third-order valence-electron chi connectivity index (χ3n) is 3.28. The molecule has 1 atom stereocenters. The van der Waals surface area contributed by atoms with E-state index < -0.39 is 0 Å². The number of aryl methyl sites for hydroxylation is 2. The largest absolute Gasteiger partial charge is 0.309 e. The Labute approximate surface area is 137 Å². The van der Waals surface area contributed by atoms with Gasteiger partial charge in [-0.3, -0.25) is 4.68 Å². The van der Waals surface area contributed by atoms with Crippen LogP contribution in [0.2, 0.25) is 5.15 Å². The summed E-state index contributed by atoms with van der Waals surface area (Å²) in [4.78, 5) is 1.32. The topological polar surface area (TPSA) is 29.9 Å². The summed E-state index contributed by atoms with van der Waals surface area (Å²) < 4.78 is 2.90. The standard InChI is InChI=1S/C14H19BrClN3S/c1-4-6-17-12(13-11(15)5-7-20-13)8-10-9(2)18-19(3)14(10)16/h5,7,12,17H,4,6,8H2,1-3H3. The zero-order valence-electron chi connectivity index (χ0n) is 11.9. The molecule has 20 heavy (non-hydrogen) atoms. The molecule has 0 amide bonds. The minimum absolute atomic E-state index is 0.268. The number of rotatable bonds is 6. The molecule has 1 N–H and O–H groups in total. The molecule has 0 aliphatic rings. The van der Waals surface area contributed by atoms with Gasteiger partial charge in [0, 0.05) is 28.0 Å². The van der Waals surface area contributed by atoms with Gasteiger partial charge in [0.1, 0.15) is 5.15 Å². The van der Waals surface area contributed by atoms with E-state index in [1.165, 1.54) is 4.88 Å². The summed E-state index contributed by atoms with van der Waals surface area (Å²) in [7, 11) is 1.88. The molecule has 0 bridgehead atoms. The van der Waals surface area contributed by atoms with Crippen LogP contribution >= 0.6 is 38.9 Å². The second-order valence-electron chi connectivity index (χ2n) is 4.82. The van der Waals surface area contributed by atoms with E-state index in [1.807, 2.05) is 14.0 Å². The molecule has 0 fully saturated rings. The fourth-order valence-corrected chi connectivity index (χ4v) is 4.22. The summed E-state index contributed by atoms with van der Waals surface area (Å²) >= 11 is 11.8. The number of thiophene rings is 1. The fraction of sp³-hybridized carbons (Fsp3) is 0.500. The molecule has 1 unspecified atom stereocenters. The van der Waals surface area contributed by atoms with E-state index in [-0.39, 0.29) is 6.04 Å². The first kappa shape index (κ1) is 16.0. The van der Waals surface area contributed by atoms with Crippen molar-refractivity contribution in [2.75, 3.05) is 6.54 Å². The lowest BCUT2D eigenvalue weighted by Crippen LogP contribution is -2.23. The molecule has 0 radical (unpaired) electrons. The Kier molecular flexibility index (Phi) is 5.66. The maximum atomic E-state index is 6.36. The third-order valence-corrected chi connectivity index (χ3v) is 5.74. The Bertz CT molecular complexity index is 579. The molecule has 2 rings (SSSR count). The van der Waals surface area contributed by atoms with Gasteiger partial charge in [-0.25, -0.2) is 0 Å². The monoisotopic (exact) mass is 375 g/mol. The molecule has 0 saturated carbocycles. The highest BCUT2D eigenvalue weighted by Crippen LogP contribution is 2.33. The van der Waals surface area contributed by atoms with Crippen molar-refractivity contribution in [2.45, 2.75) is 32.7 Å². The van der Waals surface area contributed by atoms with Gasteiger partial charge in [0.15, 0.2) is 0 Å². The van der Waals surface area contributed by atoms with Crippen molar-refractivity contribution in [3.05, 3.63) is 37.2 Å². The summed E-state index contributed by atoms with van der Waals surface area (Å²) in [5.74, 6) is 0. The molecule has 0 saturated heterocycles. The molecular formula is C14H19BrClN3S. The fourth-order valence-electron chi connectivity index (χ4n) is 2.24. The van der Waals surface area contributed by atoms with Crippen LogP contribution in [0.1, 0.15) is 35.5 Å². The van der Waals surface area contributed by atoms with Crippen LogP contribution in [0.3, 0.4) is 0 Å². The second-order valence-corrected chi connectivity index (χ2v) is 6.98. The van der Waals surface area contributed by atoms with Gasteiger partial charge in [0.2, 0.25) is 0 Å². The average molecular weight is 377 g/mol. The lowest BCUT2D eigenvalue weighted by Gasteiger charge is -2.18. The van der Waals surface area contributed by atoms with Gasteiger partial charge < -0.3 is 5.32 Å². The van der Waals surface area contributed by atoms with Crippen LogP contribution in [-0.4, -0.2) is 16.3 Å². The van der Waals surface area contributed by atoms with E-state index in [1.54, 1.807) is 16.0 Å². The van der Waals surface area contributed by atoms with Crippen molar-refractivity contribution >= 4 is 38.9 Å². The van der Waals surface area contributed by atoms with Crippen LogP contribution in [0.25, 0.3) is 0 Å². The SMILES string of the molecule is CCCNC(Cc1c(C)nn(C)c1Cl)c1sccc1Br. The summed E-state index contributed by atoms with van der Waals surface area (Å²) in [6.45, 7) is 5.18. The lowest BCUT2D eigenvalue weighted by molar-refractivity contribution is 0.534. The third kappa shape index (κ3) is 3.45. The first-order chi connectivity index (χ1) is 9.54. The summed E-state index contributed by atoms with van der Waals surface area (Å²) in [6.07, 6.45) is 1.97. The van der Waals surface area contributed by atoms with Crippen molar-refractivity contribution < 1.29 is 0 Å². The molecule has 0 aliphatic heterocycles. The van der Waals surface area contributed by atoms with Gasteiger partial charge in [-0.1, -0.05) is 18.5 Å². The zero-order valence-corrected chi connectivity index (χ0v) is 15.1. The van der Waals surface area contributed by atoms with Crippen molar-refractivity contribution in [3.8, 4) is 0 Å². The number of nitrogens with zero attached hydrogens (tertiary/aromatic N) is 2. The van der Waals surface area contributed by atoms with Gasteiger partial charge in [0.05, 0.1) is 5.69 Å². The van der Waals surface area contributed by atoms with E-state index in [2.05, 4.69) is 44.7 Å². The molecule has 2 heterocycles. The number of hydrogen-bond donors (Lipinski definition) is 1. The predicted molar refractivity (Wildman–Crippen MR) is 89.7 cm³/mol. The maximum absolute atomic E-state index is 6.36. The first-order valence-electron chi connectivity index (χ1n) is 6.68. The molecule has 110 valence electrons. The normalized spacial score (nSPS) is 12.8. The highest BCUT2D eigenvalue weighted by Gasteiger charge is 2.20. The van der Waals surface area contributed by atoms with Crippen LogP contribution < -0.4 is 5.32 Å². The molecule has 2 aromatic rings. The van der Waals surface area contributed by atoms with Gasteiger partial charge in [-0.2, -0.15) is 5.10 Å². The summed E-state index contributed by atoms with van der Waals surface area (Å²) in [5, 5.41) is 10.8. The minimum atomic E-state index is 0.268. The van der Waals surface area contributed by atoms with Crippen molar-refractivity contribution in [1.82, 2.24) is 15.1 Å². The molecule has 2 aromatic heterocycles. The number of nitrogens with one attached hydrogen (secondary N) is 1. The van der Waals surface area contributed by atoms with Crippen molar-refractivity contribution in [1.29, 1.82) is 0 Å². The van der Waals surface area contributed by atoms with Crippen LogP contribution in [0, 0.1) is 6.92 Å². The predicted octanol–water partition coefficient (Wildman–Crippen LogP) is 4.49. The van der Waals surface area contributed by atoms with Crippen molar-refractivity contribution in [2.24, 2.45) is 7.05 Å². The van der Waals surface area contributed by atoms with Gasteiger partial charge in [0.25, 0.3) is 0 Å². The maximum Gasteiger partial charge on any atom is 0.130 e. The molecule has 0 aromatic carbocycles. The van der Waals surface area contributed by atoms with E-state index in [4.69, 9.17) is 11.6 Å².